The fourth-order valence-electron chi connectivity index (χ4n) is 2.52. The van der Waals surface area contributed by atoms with E-state index < -0.39 is 5.82 Å². The summed E-state index contributed by atoms with van der Waals surface area (Å²) in [5.74, 6) is 0.0269. The maximum atomic E-state index is 13.8. The molecule has 2 N–H and O–H groups in total. The van der Waals surface area contributed by atoms with Crippen LogP contribution in [-0.4, -0.2) is 25.5 Å². The molecule has 0 bridgehead atoms. The molecule has 1 fully saturated rings. The van der Waals surface area contributed by atoms with Gasteiger partial charge in [-0.15, -0.1) is 0 Å². The van der Waals surface area contributed by atoms with Crippen LogP contribution in [0.5, 0.6) is 0 Å². The smallest absolute Gasteiger partial charge is 0.254 e. The highest BCUT2D eigenvalue weighted by Gasteiger charge is 2.19. The van der Waals surface area contributed by atoms with E-state index in [1.807, 2.05) is 19.9 Å². The molecule has 1 aliphatic rings. The van der Waals surface area contributed by atoms with Crippen molar-refractivity contribution < 1.29 is 9.18 Å². The van der Waals surface area contributed by atoms with E-state index in [1.165, 1.54) is 6.07 Å². The predicted molar refractivity (Wildman–Crippen MR) is 78.4 cm³/mol. The number of nitrogens with one attached hydrogen (secondary N) is 2. The van der Waals surface area contributed by atoms with Crippen molar-refractivity contribution in [2.24, 2.45) is 5.92 Å². The van der Waals surface area contributed by atoms with Crippen molar-refractivity contribution in [3.63, 3.8) is 0 Å². The van der Waals surface area contributed by atoms with Gasteiger partial charge < -0.3 is 10.6 Å². The van der Waals surface area contributed by atoms with Crippen molar-refractivity contribution >= 4 is 5.91 Å². The normalized spacial score (nSPS) is 16.4. The standard InChI is InChI=1S/C16H23FN2O/c1-11(2)10-19-16(20)14-9-13(3-4-15(14)17)12-5-7-18-8-6-12/h3-4,9,11-12,18H,5-8,10H2,1-2H3,(H,19,20). The second kappa shape index (κ2) is 6.84. The maximum Gasteiger partial charge on any atom is 0.254 e. The summed E-state index contributed by atoms with van der Waals surface area (Å²) in [6, 6.07) is 4.95. The first kappa shape index (κ1) is 15.0. The van der Waals surface area contributed by atoms with E-state index in [0.29, 0.717) is 18.4 Å². The summed E-state index contributed by atoms with van der Waals surface area (Å²) in [7, 11) is 0. The van der Waals surface area contributed by atoms with Gasteiger partial charge in [0.1, 0.15) is 5.82 Å². The van der Waals surface area contributed by atoms with Gasteiger partial charge in [0.25, 0.3) is 5.91 Å². The number of piperidine rings is 1. The van der Waals surface area contributed by atoms with Crippen LogP contribution in [-0.2, 0) is 0 Å². The SMILES string of the molecule is CC(C)CNC(=O)c1cc(C2CCNCC2)ccc1F. The largest absolute Gasteiger partial charge is 0.352 e. The monoisotopic (exact) mass is 278 g/mol. The third-order valence-electron chi connectivity index (χ3n) is 3.72. The van der Waals surface area contributed by atoms with Gasteiger partial charge in [-0.25, -0.2) is 4.39 Å². The summed E-state index contributed by atoms with van der Waals surface area (Å²) in [4.78, 5) is 12.0. The molecule has 2 rings (SSSR count). The highest BCUT2D eigenvalue weighted by atomic mass is 19.1. The molecule has 3 nitrogen and oxygen atoms in total. The topological polar surface area (TPSA) is 41.1 Å². The average Bonchev–Trinajstić information content (AvgIpc) is 2.46. The summed E-state index contributed by atoms with van der Waals surface area (Å²) in [5, 5.41) is 6.09. The summed E-state index contributed by atoms with van der Waals surface area (Å²) < 4.78 is 13.8. The summed E-state index contributed by atoms with van der Waals surface area (Å²) in [5.41, 5.74) is 1.24. The molecule has 0 spiro atoms. The molecule has 1 heterocycles. The van der Waals surface area contributed by atoms with Gasteiger partial charge >= 0.3 is 0 Å². The molecule has 1 aromatic carbocycles. The molecule has 1 amide bonds. The van der Waals surface area contributed by atoms with Crippen molar-refractivity contribution in [1.29, 1.82) is 0 Å². The molecule has 0 saturated carbocycles. The van der Waals surface area contributed by atoms with Gasteiger partial charge in [0.2, 0.25) is 0 Å². The van der Waals surface area contributed by atoms with Crippen LogP contribution in [0.25, 0.3) is 0 Å². The van der Waals surface area contributed by atoms with E-state index in [1.54, 1.807) is 6.07 Å². The quantitative estimate of drug-likeness (QED) is 0.889. The Morgan fingerprint density at radius 2 is 2.10 bits per heavy atom. The molecule has 1 aliphatic heterocycles. The third kappa shape index (κ3) is 3.79. The number of hydrogen-bond donors (Lipinski definition) is 2. The lowest BCUT2D eigenvalue weighted by Gasteiger charge is -2.23. The lowest BCUT2D eigenvalue weighted by atomic mass is 9.89. The summed E-state index contributed by atoms with van der Waals surface area (Å²) in [6.07, 6.45) is 2.08. The number of rotatable bonds is 4. The Labute approximate surface area is 120 Å². The first-order valence-electron chi connectivity index (χ1n) is 7.36. The van der Waals surface area contributed by atoms with Crippen molar-refractivity contribution in [2.75, 3.05) is 19.6 Å². The summed E-state index contributed by atoms with van der Waals surface area (Å²) in [6.45, 7) is 6.56. The van der Waals surface area contributed by atoms with Crippen LogP contribution in [0.1, 0.15) is 48.5 Å². The van der Waals surface area contributed by atoms with Crippen LogP contribution in [0.3, 0.4) is 0 Å². The van der Waals surface area contributed by atoms with Crippen molar-refractivity contribution in [3.05, 3.63) is 35.1 Å². The molecule has 0 aliphatic carbocycles. The van der Waals surface area contributed by atoms with Crippen LogP contribution >= 0.6 is 0 Å². The molecule has 1 saturated heterocycles. The molecule has 110 valence electrons. The van der Waals surface area contributed by atoms with Gasteiger partial charge in [-0.3, -0.25) is 4.79 Å². The highest BCUT2D eigenvalue weighted by Crippen LogP contribution is 2.26. The lowest BCUT2D eigenvalue weighted by Crippen LogP contribution is -2.29. The van der Waals surface area contributed by atoms with Crippen LogP contribution < -0.4 is 10.6 Å². The van der Waals surface area contributed by atoms with Gasteiger partial charge in [-0.05, 0) is 55.5 Å². The fourth-order valence-corrected chi connectivity index (χ4v) is 2.52. The zero-order chi connectivity index (χ0) is 14.5. The van der Waals surface area contributed by atoms with E-state index in [4.69, 9.17) is 0 Å². The molecule has 1 aromatic rings. The maximum absolute atomic E-state index is 13.8. The molecule has 0 aromatic heterocycles. The number of benzene rings is 1. The number of amides is 1. The van der Waals surface area contributed by atoms with Gasteiger partial charge in [0.15, 0.2) is 0 Å². The second-order valence-electron chi connectivity index (χ2n) is 5.87. The molecule has 0 radical (unpaired) electrons. The van der Waals surface area contributed by atoms with Crippen molar-refractivity contribution in [2.45, 2.75) is 32.6 Å². The van der Waals surface area contributed by atoms with Crippen LogP contribution in [0.4, 0.5) is 4.39 Å². The minimum absolute atomic E-state index is 0.168. The second-order valence-corrected chi connectivity index (χ2v) is 5.87. The first-order chi connectivity index (χ1) is 9.58. The third-order valence-corrected chi connectivity index (χ3v) is 3.72. The van der Waals surface area contributed by atoms with E-state index in [-0.39, 0.29) is 11.5 Å². The van der Waals surface area contributed by atoms with Crippen LogP contribution in [0.15, 0.2) is 18.2 Å². The minimum Gasteiger partial charge on any atom is -0.352 e. The fraction of sp³-hybridized carbons (Fsp3) is 0.562. The Hall–Kier alpha value is -1.42. The van der Waals surface area contributed by atoms with E-state index in [9.17, 15) is 9.18 Å². The zero-order valence-corrected chi connectivity index (χ0v) is 12.2. The Morgan fingerprint density at radius 3 is 2.75 bits per heavy atom. The Balaban J connectivity index is 2.13. The highest BCUT2D eigenvalue weighted by molar-refractivity contribution is 5.94. The van der Waals surface area contributed by atoms with E-state index >= 15 is 0 Å². The van der Waals surface area contributed by atoms with E-state index in [0.717, 1.165) is 31.5 Å². The molecular weight excluding hydrogens is 255 g/mol. The van der Waals surface area contributed by atoms with Crippen LogP contribution in [0.2, 0.25) is 0 Å². The van der Waals surface area contributed by atoms with Crippen molar-refractivity contribution in [1.82, 2.24) is 10.6 Å². The number of halogens is 1. The number of carbonyl (C=O) groups excluding carboxylic acids is 1. The number of hydrogen-bond acceptors (Lipinski definition) is 2. The average molecular weight is 278 g/mol. The zero-order valence-electron chi connectivity index (χ0n) is 12.2. The Kier molecular flexibility index (Phi) is 5.12. The lowest BCUT2D eigenvalue weighted by molar-refractivity contribution is 0.0945. The van der Waals surface area contributed by atoms with Gasteiger partial charge in [-0.2, -0.15) is 0 Å². The molecular formula is C16H23FN2O. The molecule has 20 heavy (non-hydrogen) atoms. The van der Waals surface area contributed by atoms with Gasteiger partial charge in [0.05, 0.1) is 5.56 Å². The van der Waals surface area contributed by atoms with Gasteiger partial charge in [0, 0.05) is 6.54 Å². The predicted octanol–water partition coefficient (Wildman–Crippen LogP) is 2.68. The van der Waals surface area contributed by atoms with E-state index in [2.05, 4.69) is 10.6 Å². The summed E-state index contributed by atoms with van der Waals surface area (Å²) >= 11 is 0. The molecule has 0 atom stereocenters. The molecule has 0 unspecified atom stereocenters. The minimum atomic E-state index is -0.441. The number of carbonyl (C=O) groups is 1. The first-order valence-corrected chi connectivity index (χ1v) is 7.36. The molecule has 4 heteroatoms. The van der Waals surface area contributed by atoms with Crippen LogP contribution in [0, 0.1) is 11.7 Å². The van der Waals surface area contributed by atoms with Gasteiger partial charge in [-0.1, -0.05) is 19.9 Å². The Morgan fingerprint density at radius 1 is 1.40 bits per heavy atom. The van der Waals surface area contributed by atoms with Crippen molar-refractivity contribution in [3.8, 4) is 0 Å². The Bertz CT molecular complexity index is 468.